The van der Waals surface area contributed by atoms with Crippen LogP contribution in [0, 0.1) is 22.7 Å². The van der Waals surface area contributed by atoms with Crippen LogP contribution in [0.25, 0.3) is 11.1 Å². The van der Waals surface area contributed by atoms with E-state index in [0.717, 1.165) is 0 Å². The van der Waals surface area contributed by atoms with E-state index >= 15 is 0 Å². The van der Waals surface area contributed by atoms with Crippen molar-refractivity contribution in [2.75, 3.05) is 6.61 Å². The fourth-order valence-corrected chi connectivity index (χ4v) is 3.95. The molecule has 39 heavy (non-hydrogen) atoms. The number of nitriles is 2. The number of hydrogen-bond acceptors (Lipinski definition) is 8. The number of benzene rings is 4. The molecule has 8 nitrogen and oxygen atoms in total. The molecule has 0 aromatic heterocycles. The average molecular weight is 517 g/mol. The summed E-state index contributed by atoms with van der Waals surface area (Å²) in [4.78, 5) is 25.2. The maximum absolute atomic E-state index is 12.6. The molecule has 0 saturated heterocycles. The molecule has 1 aliphatic heterocycles. The van der Waals surface area contributed by atoms with E-state index in [1.165, 1.54) is 24.3 Å². The number of carbonyl (C=O) groups is 2. The summed E-state index contributed by atoms with van der Waals surface area (Å²) in [6.07, 6.45) is -0.328. The van der Waals surface area contributed by atoms with Gasteiger partial charge in [-0.1, -0.05) is 0 Å². The van der Waals surface area contributed by atoms with Crippen LogP contribution in [-0.2, 0) is 0 Å². The molecule has 4 aromatic carbocycles. The molecule has 1 atom stereocenters. The number of rotatable bonds is 4. The molecular weight excluding hydrogens is 496 g/mol. The fraction of sp³-hybridized carbons (Fsp3) is 0.0968. The van der Waals surface area contributed by atoms with E-state index in [1.807, 2.05) is 19.1 Å². The smallest absolute Gasteiger partial charge is 0.343 e. The minimum atomic E-state index is -0.559. The molecule has 0 saturated carbocycles. The van der Waals surface area contributed by atoms with Crippen molar-refractivity contribution in [2.24, 2.45) is 0 Å². The number of nitrogens with zero attached hydrogens (tertiary/aromatic N) is 2. The highest BCUT2D eigenvalue weighted by molar-refractivity contribution is 5.92. The first-order chi connectivity index (χ1) is 18.9. The Balaban J connectivity index is 1.39. The Kier molecular flexibility index (Phi) is 6.94. The molecule has 0 bridgehead atoms. The molecule has 0 fully saturated rings. The second kappa shape index (κ2) is 10.8. The standard InChI is InChI=1S/C31H20N2O6/c1-19-18-36-28-14-24(38-30(34)22-6-2-20(16-32)3-7-22)10-12-26(28)27-13-11-25(15-29(27)37-19)39-31(35)23-8-4-21(17-33)5-9-23/h2-15,19H,18H2,1H3. The summed E-state index contributed by atoms with van der Waals surface area (Å²) in [7, 11) is 0. The van der Waals surface area contributed by atoms with Crippen molar-refractivity contribution in [1.29, 1.82) is 10.5 Å². The molecule has 1 aliphatic rings. The van der Waals surface area contributed by atoms with E-state index in [4.69, 9.17) is 29.5 Å². The predicted octanol–water partition coefficient (Wildman–Crippen LogP) is 5.70. The first-order valence-electron chi connectivity index (χ1n) is 12.0. The van der Waals surface area contributed by atoms with E-state index in [9.17, 15) is 9.59 Å². The second-order valence-corrected chi connectivity index (χ2v) is 8.71. The van der Waals surface area contributed by atoms with E-state index in [0.29, 0.717) is 56.4 Å². The van der Waals surface area contributed by atoms with E-state index in [1.54, 1.807) is 60.7 Å². The zero-order valence-corrected chi connectivity index (χ0v) is 20.7. The van der Waals surface area contributed by atoms with E-state index in [-0.39, 0.29) is 12.7 Å². The van der Waals surface area contributed by atoms with Gasteiger partial charge in [-0.25, -0.2) is 9.59 Å². The number of hydrogen-bond donors (Lipinski definition) is 0. The van der Waals surface area contributed by atoms with Crippen molar-refractivity contribution in [3.8, 4) is 46.3 Å². The van der Waals surface area contributed by atoms with Crippen LogP contribution >= 0.6 is 0 Å². The van der Waals surface area contributed by atoms with Crippen LogP contribution in [0.4, 0.5) is 0 Å². The Bertz CT molecular complexity index is 1650. The Labute approximate surface area is 224 Å². The molecule has 0 aliphatic carbocycles. The molecular formula is C31H20N2O6. The van der Waals surface area contributed by atoms with Crippen LogP contribution in [0.5, 0.6) is 23.0 Å². The molecule has 5 rings (SSSR count). The van der Waals surface area contributed by atoms with Crippen molar-refractivity contribution in [3.63, 3.8) is 0 Å². The van der Waals surface area contributed by atoms with Crippen LogP contribution in [0.3, 0.4) is 0 Å². The highest BCUT2D eigenvalue weighted by atomic mass is 16.6. The molecule has 0 amide bonds. The lowest BCUT2D eigenvalue weighted by atomic mass is 10.0. The van der Waals surface area contributed by atoms with Gasteiger partial charge in [0, 0.05) is 23.3 Å². The summed E-state index contributed by atoms with van der Waals surface area (Å²) in [6.45, 7) is 2.08. The number of carbonyl (C=O) groups excluding carboxylic acids is 2. The van der Waals surface area contributed by atoms with Crippen molar-refractivity contribution in [2.45, 2.75) is 13.0 Å². The molecule has 0 N–H and O–H groups in total. The average Bonchev–Trinajstić information content (AvgIpc) is 2.96. The maximum atomic E-state index is 12.6. The molecule has 1 unspecified atom stereocenters. The Morgan fingerprint density at radius 3 is 1.67 bits per heavy atom. The Morgan fingerprint density at radius 2 is 1.18 bits per heavy atom. The normalized spacial score (nSPS) is 13.5. The number of esters is 2. The van der Waals surface area contributed by atoms with Crippen LogP contribution in [0.1, 0.15) is 38.8 Å². The first kappa shape index (κ1) is 25.1. The summed E-state index contributed by atoms with van der Waals surface area (Å²) in [5, 5.41) is 17.9. The van der Waals surface area contributed by atoms with Gasteiger partial charge in [-0.3, -0.25) is 0 Å². The van der Waals surface area contributed by atoms with E-state index in [2.05, 4.69) is 0 Å². The largest absolute Gasteiger partial charge is 0.489 e. The quantitative estimate of drug-likeness (QED) is 0.251. The lowest BCUT2D eigenvalue weighted by Gasteiger charge is -2.24. The summed E-state index contributed by atoms with van der Waals surface area (Å²) < 4.78 is 23.1. The van der Waals surface area contributed by atoms with Gasteiger partial charge >= 0.3 is 11.9 Å². The zero-order valence-electron chi connectivity index (χ0n) is 20.7. The summed E-state index contributed by atoms with van der Waals surface area (Å²) in [5.41, 5.74) is 2.94. The highest BCUT2D eigenvalue weighted by Crippen LogP contribution is 2.42. The van der Waals surface area contributed by atoms with Crippen LogP contribution in [0.2, 0.25) is 0 Å². The summed E-state index contributed by atoms with van der Waals surface area (Å²) in [5.74, 6) is 0.475. The fourth-order valence-electron chi connectivity index (χ4n) is 3.95. The van der Waals surface area contributed by atoms with Gasteiger partial charge in [-0.05, 0) is 79.7 Å². The van der Waals surface area contributed by atoms with Crippen molar-refractivity contribution in [1.82, 2.24) is 0 Å². The van der Waals surface area contributed by atoms with Gasteiger partial charge in [-0.15, -0.1) is 0 Å². The number of fused-ring (bicyclic) bond motifs is 3. The van der Waals surface area contributed by atoms with Crippen molar-refractivity contribution in [3.05, 3.63) is 107 Å². The van der Waals surface area contributed by atoms with Crippen LogP contribution < -0.4 is 18.9 Å². The molecule has 0 spiro atoms. The first-order valence-corrected chi connectivity index (χ1v) is 12.0. The Morgan fingerprint density at radius 1 is 0.718 bits per heavy atom. The van der Waals surface area contributed by atoms with Crippen molar-refractivity contribution < 1.29 is 28.5 Å². The molecule has 8 heteroatoms. The third-order valence-electron chi connectivity index (χ3n) is 5.92. The Hall–Kier alpha value is -5.60. The minimum Gasteiger partial charge on any atom is -0.489 e. The SMILES string of the molecule is CC1COc2cc(OC(=O)c3ccc(C#N)cc3)ccc2-c2ccc(OC(=O)c3ccc(C#N)cc3)cc2O1. The van der Waals surface area contributed by atoms with Crippen molar-refractivity contribution >= 4 is 11.9 Å². The summed E-state index contributed by atoms with van der Waals surface area (Å²) in [6, 6.07) is 26.5. The topological polar surface area (TPSA) is 119 Å². The lowest BCUT2D eigenvalue weighted by Crippen LogP contribution is -2.23. The maximum Gasteiger partial charge on any atom is 0.343 e. The van der Waals surface area contributed by atoms with Gasteiger partial charge in [0.05, 0.1) is 34.4 Å². The second-order valence-electron chi connectivity index (χ2n) is 8.71. The third-order valence-corrected chi connectivity index (χ3v) is 5.92. The monoisotopic (exact) mass is 516 g/mol. The van der Waals surface area contributed by atoms with Gasteiger partial charge < -0.3 is 18.9 Å². The minimum absolute atomic E-state index is 0.231. The highest BCUT2D eigenvalue weighted by Gasteiger charge is 2.21. The number of ether oxygens (including phenoxy) is 4. The zero-order chi connectivity index (χ0) is 27.4. The molecule has 4 aromatic rings. The summed E-state index contributed by atoms with van der Waals surface area (Å²) >= 11 is 0. The molecule has 190 valence electrons. The van der Waals surface area contributed by atoms with Gasteiger partial charge in [0.2, 0.25) is 0 Å². The van der Waals surface area contributed by atoms with Crippen LogP contribution in [0.15, 0.2) is 84.9 Å². The van der Waals surface area contributed by atoms with Gasteiger partial charge in [-0.2, -0.15) is 10.5 Å². The van der Waals surface area contributed by atoms with Gasteiger partial charge in [0.25, 0.3) is 0 Å². The third kappa shape index (κ3) is 5.56. The van der Waals surface area contributed by atoms with Gasteiger partial charge in [0.1, 0.15) is 35.7 Å². The molecule has 1 heterocycles. The van der Waals surface area contributed by atoms with E-state index < -0.39 is 11.9 Å². The van der Waals surface area contributed by atoms with Crippen LogP contribution in [-0.4, -0.2) is 24.6 Å². The lowest BCUT2D eigenvalue weighted by molar-refractivity contribution is 0.0723. The van der Waals surface area contributed by atoms with Gasteiger partial charge in [0.15, 0.2) is 0 Å². The predicted molar refractivity (Wildman–Crippen MR) is 140 cm³/mol. The molecule has 0 radical (unpaired) electrons.